The zero-order valence-corrected chi connectivity index (χ0v) is 29.3. The third-order valence-electron chi connectivity index (χ3n) is 10.7. The van der Waals surface area contributed by atoms with Crippen LogP contribution in [-0.4, -0.2) is 86.9 Å². The van der Waals surface area contributed by atoms with E-state index in [1.807, 2.05) is 27.7 Å². The zero-order valence-electron chi connectivity index (χ0n) is 29.3. The van der Waals surface area contributed by atoms with Gasteiger partial charge >= 0.3 is 0 Å². The van der Waals surface area contributed by atoms with Gasteiger partial charge in [0.2, 0.25) is 23.5 Å². The maximum Gasteiger partial charge on any atom is 0.289 e. The Bertz CT molecular complexity index is 1390. The molecule has 1 aromatic rings. The average molecular weight is 680 g/mol. The first-order valence-corrected chi connectivity index (χ1v) is 18.2. The lowest BCUT2D eigenvalue weighted by molar-refractivity contribution is -0.146. The first kappa shape index (κ1) is 36.4. The molecule has 5 amide bonds. The Morgan fingerprint density at radius 2 is 1.63 bits per heavy atom. The van der Waals surface area contributed by atoms with E-state index in [-0.39, 0.29) is 35.4 Å². The molecule has 0 radical (unpaired) electrons. The Hall–Kier alpha value is -3.90. The summed E-state index contributed by atoms with van der Waals surface area (Å²) in [6, 6.07) is -3.68. The molecule has 0 spiro atoms. The number of likely N-dealkylation sites (tertiary alicyclic amines) is 1. The molecule has 6 atom stereocenters. The first-order chi connectivity index (χ1) is 23.4. The van der Waals surface area contributed by atoms with Crippen LogP contribution in [0.5, 0.6) is 0 Å². The second kappa shape index (κ2) is 15.8. The van der Waals surface area contributed by atoms with Gasteiger partial charge < -0.3 is 26.2 Å². The van der Waals surface area contributed by atoms with Crippen molar-refractivity contribution in [3.8, 4) is 0 Å². The molecule has 13 nitrogen and oxygen atoms in total. The summed E-state index contributed by atoms with van der Waals surface area (Å²) in [6.07, 6.45) is 13.9. The highest BCUT2D eigenvalue weighted by Crippen LogP contribution is 2.43. The van der Waals surface area contributed by atoms with E-state index in [0.717, 1.165) is 64.2 Å². The molecule has 1 aromatic heterocycles. The largest absolute Gasteiger partial charge is 0.347 e. The zero-order chi connectivity index (χ0) is 35.3. The lowest BCUT2D eigenvalue weighted by Crippen LogP contribution is -2.62. The van der Waals surface area contributed by atoms with Crippen molar-refractivity contribution in [2.75, 3.05) is 6.54 Å². The van der Waals surface area contributed by atoms with Gasteiger partial charge in [-0.15, -0.1) is 0 Å². The Labute approximate surface area is 288 Å². The van der Waals surface area contributed by atoms with E-state index in [0.29, 0.717) is 19.4 Å². The molecule has 4 aliphatic rings. The molecule has 49 heavy (non-hydrogen) atoms. The topological polar surface area (TPSA) is 180 Å². The number of carbonyl (C=O) groups excluding carboxylic acids is 6. The average Bonchev–Trinajstić information content (AvgIpc) is 3.65. The molecule has 13 heteroatoms. The smallest absolute Gasteiger partial charge is 0.289 e. The number of hydrogen-bond donors (Lipinski definition) is 4. The molecule has 1 aliphatic heterocycles. The van der Waals surface area contributed by atoms with Crippen molar-refractivity contribution in [3.05, 3.63) is 24.3 Å². The van der Waals surface area contributed by atoms with Gasteiger partial charge in [-0.2, -0.15) is 0 Å². The minimum Gasteiger partial charge on any atom is -0.347 e. The maximum atomic E-state index is 14.6. The van der Waals surface area contributed by atoms with Gasteiger partial charge in [-0.25, -0.2) is 4.98 Å². The van der Waals surface area contributed by atoms with Crippen LogP contribution in [0.1, 0.15) is 115 Å². The van der Waals surface area contributed by atoms with Crippen LogP contribution in [0.4, 0.5) is 0 Å². The fourth-order valence-corrected chi connectivity index (χ4v) is 7.87. The van der Waals surface area contributed by atoms with Gasteiger partial charge in [0.15, 0.2) is 0 Å². The Kier molecular flexibility index (Phi) is 11.7. The molecule has 0 aromatic carbocycles. The van der Waals surface area contributed by atoms with Gasteiger partial charge in [0.1, 0.15) is 23.8 Å². The number of carbonyl (C=O) groups is 6. The van der Waals surface area contributed by atoms with Gasteiger partial charge in [0.05, 0.1) is 12.2 Å². The Morgan fingerprint density at radius 1 is 0.898 bits per heavy atom. The van der Waals surface area contributed by atoms with Crippen LogP contribution in [0, 0.1) is 23.2 Å². The molecule has 2 heterocycles. The molecular weight excluding hydrogens is 626 g/mol. The normalized spacial score (nSPS) is 24.2. The number of hydrogen-bond acceptors (Lipinski definition) is 8. The summed E-state index contributed by atoms with van der Waals surface area (Å²) < 4.78 is 0. The summed E-state index contributed by atoms with van der Waals surface area (Å²) in [7, 11) is 0. The highest BCUT2D eigenvalue weighted by atomic mass is 16.2. The van der Waals surface area contributed by atoms with Gasteiger partial charge in [0, 0.05) is 25.0 Å². The molecule has 268 valence electrons. The second-order valence-corrected chi connectivity index (χ2v) is 15.5. The summed E-state index contributed by atoms with van der Waals surface area (Å²) in [4.78, 5) is 91.4. The number of nitrogens with one attached hydrogen (secondary N) is 4. The van der Waals surface area contributed by atoms with Crippen LogP contribution in [0.2, 0.25) is 0 Å². The number of rotatable bonds is 13. The Balaban J connectivity index is 1.36. The van der Waals surface area contributed by atoms with Crippen LogP contribution in [0.15, 0.2) is 18.6 Å². The first-order valence-electron chi connectivity index (χ1n) is 18.2. The fourth-order valence-electron chi connectivity index (χ4n) is 7.87. The highest BCUT2D eigenvalue weighted by molar-refractivity contribution is 6.38. The standard InChI is InChI=1S/C36H53N7O6/c1-5-10-25(29(44)34(48)39-23-15-16-23)40-33(47)28-24-14-9-13-22(24)20-43(28)35(49)30(36(2,3)4)42-32(46)27(21-11-7-6-8-12-21)41-31(45)26-19-37-17-18-38-26/h17-19,21-25,27-28,30H,5-16,20H2,1-4H3,(H,39,48)(H,40,47)(H,41,45)(H,42,46)/t22-,24+,25-,27-,28-,30+/m0/s1. The fraction of sp³-hybridized carbons (Fsp3) is 0.722. The van der Waals surface area contributed by atoms with Gasteiger partial charge in [0.25, 0.3) is 11.8 Å². The summed E-state index contributed by atoms with van der Waals surface area (Å²) in [5.41, 5.74) is -0.638. The van der Waals surface area contributed by atoms with E-state index in [1.165, 1.54) is 18.6 Å². The minimum atomic E-state index is -0.994. The summed E-state index contributed by atoms with van der Waals surface area (Å²) >= 11 is 0. The predicted molar refractivity (Wildman–Crippen MR) is 181 cm³/mol. The molecule has 4 fully saturated rings. The van der Waals surface area contributed by atoms with E-state index in [1.54, 1.807) is 4.90 Å². The summed E-state index contributed by atoms with van der Waals surface area (Å²) in [5, 5.41) is 11.5. The van der Waals surface area contributed by atoms with Gasteiger partial charge in [-0.05, 0) is 68.1 Å². The van der Waals surface area contributed by atoms with Crippen molar-refractivity contribution in [1.82, 2.24) is 36.1 Å². The van der Waals surface area contributed by atoms with Crippen molar-refractivity contribution in [1.29, 1.82) is 0 Å². The minimum absolute atomic E-state index is 0.0132. The van der Waals surface area contributed by atoms with Crippen molar-refractivity contribution in [2.45, 2.75) is 135 Å². The Morgan fingerprint density at radius 3 is 2.27 bits per heavy atom. The van der Waals surface area contributed by atoms with E-state index in [4.69, 9.17) is 0 Å². The molecule has 3 aliphatic carbocycles. The maximum absolute atomic E-state index is 14.6. The number of aromatic nitrogens is 2. The predicted octanol–water partition coefficient (Wildman–Crippen LogP) is 2.45. The van der Waals surface area contributed by atoms with Crippen LogP contribution in [0.3, 0.4) is 0 Å². The molecular formula is C36H53N7O6. The molecule has 1 saturated heterocycles. The van der Waals surface area contributed by atoms with Crippen molar-refractivity contribution in [3.63, 3.8) is 0 Å². The van der Waals surface area contributed by atoms with Crippen LogP contribution < -0.4 is 21.3 Å². The van der Waals surface area contributed by atoms with Crippen LogP contribution in [-0.2, 0) is 24.0 Å². The van der Waals surface area contributed by atoms with Crippen LogP contribution in [0.25, 0.3) is 0 Å². The van der Waals surface area contributed by atoms with Gasteiger partial charge in [-0.1, -0.05) is 59.8 Å². The highest BCUT2D eigenvalue weighted by Gasteiger charge is 2.52. The lowest BCUT2D eigenvalue weighted by Gasteiger charge is -2.38. The monoisotopic (exact) mass is 679 g/mol. The summed E-state index contributed by atoms with van der Waals surface area (Å²) in [6.45, 7) is 7.85. The third kappa shape index (κ3) is 8.83. The van der Waals surface area contributed by atoms with E-state index >= 15 is 0 Å². The van der Waals surface area contributed by atoms with Gasteiger partial charge in [-0.3, -0.25) is 33.8 Å². The second-order valence-electron chi connectivity index (χ2n) is 15.5. The molecule has 3 saturated carbocycles. The van der Waals surface area contributed by atoms with E-state index < -0.39 is 59.0 Å². The van der Waals surface area contributed by atoms with Crippen molar-refractivity contribution >= 4 is 35.3 Å². The third-order valence-corrected chi connectivity index (χ3v) is 10.7. The van der Waals surface area contributed by atoms with Crippen LogP contribution >= 0.6 is 0 Å². The quantitative estimate of drug-likeness (QED) is 0.230. The van der Waals surface area contributed by atoms with Crippen molar-refractivity contribution < 1.29 is 28.8 Å². The molecule has 0 bridgehead atoms. The van der Waals surface area contributed by atoms with E-state index in [9.17, 15) is 28.8 Å². The number of amides is 5. The number of Topliss-reactive ketones (excluding diaryl/α,β-unsaturated/α-hetero) is 1. The molecule has 5 rings (SSSR count). The van der Waals surface area contributed by atoms with E-state index in [2.05, 4.69) is 31.2 Å². The lowest BCUT2D eigenvalue weighted by atomic mass is 9.82. The molecule has 0 unspecified atom stereocenters. The number of fused-ring (bicyclic) bond motifs is 1. The van der Waals surface area contributed by atoms with Crippen molar-refractivity contribution in [2.24, 2.45) is 23.2 Å². The SMILES string of the molecule is CCC[C@H](NC(=O)[C@@H]1[C@@H]2CCC[C@H]2CN1C(=O)[C@@H](NC(=O)[C@@H](NC(=O)c1cnccn1)C1CCCCC1)C(C)(C)C)C(=O)C(=O)NC1CC1. The molecule has 4 N–H and O–H groups in total. The number of nitrogens with zero attached hydrogens (tertiary/aromatic N) is 3. The summed E-state index contributed by atoms with van der Waals surface area (Å²) in [5.74, 6) is -3.20. The number of ketones is 1.